The molecule has 0 aliphatic carbocycles. The smallest absolute Gasteiger partial charge is 0.394 e. The largest absolute Gasteiger partial charge is 0.416 e. The quantitative estimate of drug-likeness (QED) is 0.792. The summed E-state index contributed by atoms with van der Waals surface area (Å²) in [6, 6.07) is 5.42. The standard InChI is InChI=1S/C11H13F3O2/c12-11(13,14)10-4-2-1-3-9(10)5-7-16-8-6-15/h1-4,15H,5-8H2. The molecular formula is C11H13F3O2. The minimum atomic E-state index is -4.33. The van der Waals surface area contributed by atoms with Crippen molar-refractivity contribution in [1.82, 2.24) is 0 Å². The molecule has 0 unspecified atom stereocenters. The summed E-state index contributed by atoms with van der Waals surface area (Å²) in [5.74, 6) is 0. The first kappa shape index (κ1) is 13.0. The Kier molecular flexibility index (Phi) is 4.76. The summed E-state index contributed by atoms with van der Waals surface area (Å²) < 4.78 is 42.6. The zero-order chi connectivity index (χ0) is 12.0. The van der Waals surface area contributed by atoms with Crippen LogP contribution in [-0.2, 0) is 17.3 Å². The van der Waals surface area contributed by atoms with Crippen molar-refractivity contribution in [3.63, 3.8) is 0 Å². The SMILES string of the molecule is OCCOCCc1ccccc1C(F)(F)F. The summed E-state index contributed by atoms with van der Waals surface area (Å²) in [4.78, 5) is 0. The highest BCUT2D eigenvalue weighted by molar-refractivity contribution is 5.29. The van der Waals surface area contributed by atoms with Crippen LogP contribution < -0.4 is 0 Å². The maximum Gasteiger partial charge on any atom is 0.416 e. The number of ether oxygens (including phenoxy) is 1. The third-order valence-corrected chi connectivity index (χ3v) is 2.07. The van der Waals surface area contributed by atoms with Gasteiger partial charge in [0.15, 0.2) is 0 Å². The molecule has 2 nitrogen and oxygen atoms in total. The lowest BCUT2D eigenvalue weighted by Gasteiger charge is -2.12. The molecular weight excluding hydrogens is 221 g/mol. The van der Waals surface area contributed by atoms with Gasteiger partial charge in [0.1, 0.15) is 0 Å². The van der Waals surface area contributed by atoms with Crippen LogP contribution in [0.15, 0.2) is 24.3 Å². The van der Waals surface area contributed by atoms with Gasteiger partial charge in [-0.05, 0) is 18.1 Å². The van der Waals surface area contributed by atoms with Gasteiger partial charge in [-0.15, -0.1) is 0 Å². The van der Waals surface area contributed by atoms with Crippen LogP contribution in [0.25, 0.3) is 0 Å². The van der Waals surface area contributed by atoms with E-state index in [2.05, 4.69) is 0 Å². The van der Waals surface area contributed by atoms with Crippen LogP contribution in [0.5, 0.6) is 0 Å². The number of alkyl halides is 3. The van der Waals surface area contributed by atoms with Gasteiger partial charge in [0, 0.05) is 0 Å². The number of aliphatic hydroxyl groups excluding tert-OH is 1. The molecule has 16 heavy (non-hydrogen) atoms. The molecule has 1 rings (SSSR count). The molecule has 0 atom stereocenters. The highest BCUT2D eigenvalue weighted by atomic mass is 19.4. The molecule has 1 aromatic rings. The molecule has 0 saturated carbocycles. The van der Waals surface area contributed by atoms with E-state index in [9.17, 15) is 13.2 Å². The fraction of sp³-hybridized carbons (Fsp3) is 0.455. The first-order valence-electron chi connectivity index (χ1n) is 4.89. The molecule has 1 aromatic carbocycles. The molecule has 0 radical (unpaired) electrons. The zero-order valence-corrected chi connectivity index (χ0v) is 8.63. The molecule has 0 aromatic heterocycles. The van der Waals surface area contributed by atoms with Gasteiger partial charge < -0.3 is 9.84 Å². The average molecular weight is 234 g/mol. The summed E-state index contributed by atoms with van der Waals surface area (Å²) >= 11 is 0. The molecule has 0 fully saturated rings. The zero-order valence-electron chi connectivity index (χ0n) is 8.63. The Hall–Kier alpha value is -1.07. The highest BCUT2D eigenvalue weighted by Gasteiger charge is 2.32. The maximum atomic E-state index is 12.5. The van der Waals surface area contributed by atoms with E-state index in [1.54, 1.807) is 6.07 Å². The van der Waals surface area contributed by atoms with Gasteiger partial charge in [-0.1, -0.05) is 18.2 Å². The Bertz CT molecular complexity index is 323. The van der Waals surface area contributed by atoms with Gasteiger partial charge in [0.25, 0.3) is 0 Å². The molecule has 5 heteroatoms. The van der Waals surface area contributed by atoms with E-state index in [0.29, 0.717) is 0 Å². The van der Waals surface area contributed by atoms with Crippen molar-refractivity contribution in [2.75, 3.05) is 19.8 Å². The summed E-state index contributed by atoms with van der Waals surface area (Å²) in [7, 11) is 0. The second-order valence-electron chi connectivity index (χ2n) is 3.24. The predicted molar refractivity (Wildman–Crippen MR) is 53.1 cm³/mol. The minimum absolute atomic E-state index is 0.124. The van der Waals surface area contributed by atoms with Crippen molar-refractivity contribution >= 4 is 0 Å². The molecule has 0 aliphatic heterocycles. The van der Waals surface area contributed by atoms with Crippen molar-refractivity contribution in [2.45, 2.75) is 12.6 Å². The number of aliphatic hydroxyl groups is 1. The maximum absolute atomic E-state index is 12.5. The van der Waals surface area contributed by atoms with Crippen LogP contribution in [0.1, 0.15) is 11.1 Å². The monoisotopic (exact) mass is 234 g/mol. The molecule has 90 valence electrons. The summed E-state index contributed by atoms with van der Waals surface area (Å²) in [5, 5.41) is 8.44. The lowest BCUT2D eigenvalue weighted by Crippen LogP contribution is -2.11. The van der Waals surface area contributed by atoms with E-state index in [1.807, 2.05) is 0 Å². The Balaban J connectivity index is 2.65. The summed E-state index contributed by atoms with van der Waals surface area (Å²) in [6.07, 6.45) is -4.14. The third-order valence-electron chi connectivity index (χ3n) is 2.07. The van der Waals surface area contributed by atoms with Crippen molar-refractivity contribution in [3.8, 4) is 0 Å². The fourth-order valence-electron chi connectivity index (χ4n) is 1.36. The van der Waals surface area contributed by atoms with Crippen molar-refractivity contribution in [2.24, 2.45) is 0 Å². The fourth-order valence-corrected chi connectivity index (χ4v) is 1.36. The van der Waals surface area contributed by atoms with E-state index in [4.69, 9.17) is 9.84 Å². The van der Waals surface area contributed by atoms with Gasteiger partial charge in [-0.2, -0.15) is 13.2 Å². The van der Waals surface area contributed by atoms with Crippen LogP contribution in [0, 0.1) is 0 Å². The molecule has 0 aliphatic rings. The van der Waals surface area contributed by atoms with Gasteiger partial charge in [-0.25, -0.2) is 0 Å². The Morgan fingerprint density at radius 1 is 1.12 bits per heavy atom. The lowest BCUT2D eigenvalue weighted by molar-refractivity contribution is -0.138. The van der Waals surface area contributed by atoms with Crippen molar-refractivity contribution in [3.05, 3.63) is 35.4 Å². The van der Waals surface area contributed by atoms with Gasteiger partial charge in [0.2, 0.25) is 0 Å². The van der Waals surface area contributed by atoms with Crippen molar-refractivity contribution < 1.29 is 23.0 Å². The molecule has 0 heterocycles. The van der Waals surface area contributed by atoms with E-state index in [1.165, 1.54) is 12.1 Å². The van der Waals surface area contributed by atoms with Gasteiger partial charge in [0.05, 0.1) is 25.4 Å². The van der Waals surface area contributed by atoms with Crippen LogP contribution >= 0.6 is 0 Å². The first-order chi connectivity index (χ1) is 7.55. The van der Waals surface area contributed by atoms with Crippen LogP contribution in [0.4, 0.5) is 13.2 Å². The second kappa shape index (κ2) is 5.86. The summed E-state index contributed by atoms with van der Waals surface area (Å²) in [6.45, 7) is 0.197. The Morgan fingerprint density at radius 3 is 2.44 bits per heavy atom. The predicted octanol–water partition coefficient (Wildman–Crippen LogP) is 2.26. The minimum Gasteiger partial charge on any atom is -0.394 e. The van der Waals surface area contributed by atoms with Crippen LogP contribution in [0.2, 0.25) is 0 Å². The molecule has 1 N–H and O–H groups in total. The van der Waals surface area contributed by atoms with E-state index in [-0.39, 0.29) is 31.8 Å². The van der Waals surface area contributed by atoms with E-state index in [0.717, 1.165) is 6.07 Å². The topological polar surface area (TPSA) is 29.5 Å². The number of hydrogen-bond acceptors (Lipinski definition) is 2. The number of hydrogen-bond donors (Lipinski definition) is 1. The second-order valence-corrected chi connectivity index (χ2v) is 3.24. The molecule has 0 saturated heterocycles. The average Bonchev–Trinajstić information content (AvgIpc) is 2.24. The van der Waals surface area contributed by atoms with E-state index >= 15 is 0 Å². The number of rotatable bonds is 5. The molecule has 0 amide bonds. The number of halogens is 3. The van der Waals surface area contributed by atoms with Crippen LogP contribution in [0.3, 0.4) is 0 Å². The first-order valence-corrected chi connectivity index (χ1v) is 4.89. The lowest BCUT2D eigenvalue weighted by atomic mass is 10.0. The summed E-state index contributed by atoms with van der Waals surface area (Å²) in [5.41, 5.74) is -0.407. The number of benzene rings is 1. The molecule has 0 bridgehead atoms. The van der Waals surface area contributed by atoms with Gasteiger partial charge in [-0.3, -0.25) is 0 Å². The Morgan fingerprint density at radius 2 is 1.81 bits per heavy atom. The van der Waals surface area contributed by atoms with Gasteiger partial charge >= 0.3 is 6.18 Å². The highest BCUT2D eigenvalue weighted by Crippen LogP contribution is 2.31. The third kappa shape index (κ3) is 3.83. The molecule has 0 spiro atoms. The van der Waals surface area contributed by atoms with Crippen molar-refractivity contribution in [1.29, 1.82) is 0 Å². The normalized spacial score (nSPS) is 11.8. The van der Waals surface area contributed by atoms with E-state index < -0.39 is 11.7 Å². The van der Waals surface area contributed by atoms with Crippen LogP contribution in [-0.4, -0.2) is 24.9 Å². The Labute approximate surface area is 91.7 Å².